The molecule has 0 aromatic rings. The van der Waals surface area contributed by atoms with Crippen LogP contribution in [-0.2, 0) is 4.79 Å². The van der Waals surface area contributed by atoms with Crippen LogP contribution in [0.2, 0.25) is 0 Å². The number of nitrogens with one attached hydrogen (secondary N) is 2. The lowest BCUT2D eigenvalue weighted by Crippen LogP contribution is -2.39. The van der Waals surface area contributed by atoms with E-state index in [0.717, 1.165) is 32.1 Å². The second-order valence-corrected chi connectivity index (χ2v) is 4.46. The van der Waals surface area contributed by atoms with Crippen molar-refractivity contribution in [3.8, 4) is 0 Å². The molecular weight excluding hydrogens is 190 g/mol. The fraction of sp³-hybridized carbons (Fsp3) is 0.909. The highest BCUT2D eigenvalue weighted by Gasteiger charge is 2.14. The summed E-state index contributed by atoms with van der Waals surface area (Å²) in [5, 5.41) is 6.24. The van der Waals surface area contributed by atoms with Crippen LogP contribution in [0.5, 0.6) is 0 Å². The van der Waals surface area contributed by atoms with Gasteiger partial charge in [-0.25, -0.2) is 0 Å². The molecule has 4 nitrogen and oxygen atoms in total. The molecule has 15 heavy (non-hydrogen) atoms. The molecule has 1 fully saturated rings. The summed E-state index contributed by atoms with van der Waals surface area (Å²) in [5.74, 6) is 0.837. The van der Waals surface area contributed by atoms with Crippen LogP contribution in [-0.4, -0.2) is 50.6 Å². The van der Waals surface area contributed by atoms with Crippen molar-refractivity contribution >= 4 is 5.91 Å². The Hall–Kier alpha value is -0.610. The van der Waals surface area contributed by atoms with Crippen LogP contribution in [0.15, 0.2) is 0 Å². The lowest BCUT2D eigenvalue weighted by atomic mass is 9.99. The molecule has 0 aliphatic carbocycles. The molecule has 1 rings (SSSR count). The van der Waals surface area contributed by atoms with Gasteiger partial charge in [-0.15, -0.1) is 0 Å². The average molecular weight is 213 g/mol. The van der Waals surface area contributed by atoms with Crippen LogP contribution in [0.25, 0.3) is 0 Å². The van der Waals surface area contributed by atoms with Crippen LogP contribution in [0.4, 0.5) is 0 Å². The number of rotatable bonds is 5. The molecule has 0 radical (unpaired) electrons. The lowest BCUT2D eigenvalue weighted by molar-refractivity contribution is -0.119. The minimum absolute atomic E-state index is 0.0581. The largest absolute Gasteiger partial charge is 0.355 e. The molecular formula is C11H23N3O. The average Bonchev–Trinajstić information content (AvgIpc) is 2.18. The molecule has 1 saturated heterocycles. The summed E-state index contributed by atoms with van der Waals surface area (Å²) < 4.78 is 0. The molecule has 1 aliphatic rings. The zero-order chi connectivity index (χ0) is 11.1. The first-order chi connectivity index (χ1) is 7.18. The van der Waals surface area contributed by atoms with Crippen LogP contribution in [0.3, 0.4) is 0 Å². The summed E-state index contributed by atoms with van der Waals surface area (Å²) in [7, 11) is 2.12. The van der Waals surface area contributed by atoms with E-state index < -0.39 is 0 Å². The number of hydrogen-bond donors (Lipinski definition) is 2. The second kappa shape index (κ2) is 6.80. The van der Waals surface area contributed by atoms with E-state index in [2.05, 4.69) is 22.6 Å². The maximum Gasteiger partial charge on any atom is 0.216 e. The van der Waals surface area contributed by atoms with E-state index in [1.807, 2.05) is 0 Å². The van der Waals surface area contributed by atoms with Gasteiger partial charge in [0.05, 0.1) is 0 Å². The van der Waals surface area contributed by atoms with Crippen LogP contribution in [0, 0.1) is 5.92 Å². The summed E-state index contributed by atoms with van der Waals surface area (Å²) in [6, 6.07) is 0. The van der Waals surface area contributed by atoms with E-state index >= 15 is 0 Å². The number of piperidine rings is 1. The SMILES string of the molecule is CC(=O)NCCN(C)CC1CCCNC1. The van der Waals surface area contributed by atoms with Gasteiger partial charge >= 0.3 is 0 Å². The highest BCUT2D eigenvalue weighted by atomic mass is 16.1. The van der Waals surface area contributed by atoms with E-state index in [1.54, 1.807) is 6.92 Å². The smallest absolute Gasteiger partial charge is 0.216 e. The van der Waals surface area contributed by atoms with Crippen molar-refractivity contribution < 1.29 is 4.79 Å². The topological polar surface area (TPSA) is 44.4 Å². The molecule has 88 valence electrons. The predicted molar refractivity (Wildman–Crippen MR) is 61.8 cm³/mol. The van der Waals surface area contributed by atoms with Gasteiger partial charge in [-0.05, 0) is 38.9 Å². The third kappa shape index (κ3) is 5.74. The first-order valence-corrected chi connectivity index (χ1v) is 5.82. The number of hydrogen-bond acceptors (Lipinski definition) is 3. The van der Waals surface area contributed by atoms with Gasteiger partial charge in [0.2, 0.25) is 5.91 Å². The number of likely N-dealkylation sites (N-methyl/N-ethyl adjacent to an activating group) is 1. The van der Waals surface area contributed by atoms with Crippen molar-refractivity contribution in [3.63, 3.8) is 0 Å². The molecule has 0 saturated carbocycles. The highest BCUT2D eigenvalue weighted by molar-refractivity contribution is 5.72. The Labute approximate surface area is 92.4 Å². The van der Waals surface area contributed by atoms with Crippen molar-refractivity contribution in [2.24, 2.45) is 5.92 Å². The molecule has 0 aromatic heterocycles. The van der Waals surface area contributed by atoms with E-state index in [0.29, 0.717) is 0 Å². The molecule has 2 N–H and O–H groups in total. The van der Waals surface area contributed by atoms with Gasteiger partial charge in [0, 0.05) is 26.6 Å². The lowest BCUT2D eigenvalue weighted by Gasteiger charge is -2.27. The summed E-state index contributed by atoms with van der Waals surface area (Å²) >= 11 is 0. The minimum Gasteiger partial charge on any atom is -0.355 e. The Balaban J connectivity index is 2.06. The van der Waals surface area contributed by atoms with Gasteiger partial charge in [0.1, 0.15) is 0 Å². The molecule has 1 aliphatic heterocycles. The number of carbonyl (C=O) groups is 1. The molecule has 1 amide bonds. The zero-order valence-electron chi connectivity index (χ0n) is 9.88. The quantitative estimate of drug-likeness (QED) is 0.678. The molecule has 0 bridgehead atoms. The molecule has 1 atom stereocenters. The first-order valence-electron chi connectivity index (χ1n) is 5.82. The van der Waals surface area contributed by atoms with Crippen molar-refractivity contribution in [2.45, 2.75) is 19.8 Å². The maximum atomic E-state index is 10.7. The van der Waals surface area contributed by atoms with E-state index in [1.165, 1.54) is 19.4 Å². The number of amides is 1. The monoisotopic (exact) mass is 213 g/mol. The van der Waals surface area contributed by atoms with Crippen LogP contribution >= 0.6 is 0 Å². The maximum absolute atomic E-state index is 10.7. The third-order valence-corrected chi connectivity index (χ3v) is 2.84. The van der Waals surface area contributed by atoms with Gasteiger partial charge in [0.15, 0.2) is 0 Å². The van der Waals surface area contributed by atoms with Crippen LogP contribution < -0.4 is 10.6 Å². The first kappa shape index (κ1) is 12.5. The standard InChI is InChI=1S/C11H23N3O/c1-10(15)13-6-7-14(2)9-11-4-3-5-12-8-11/h11-12H,3-9H2,1-2H3,(H,13,15). The second-order valence-electron chi connectivity index (χ2n) is 4.46. The van der Waals surface area contributed by atoms with E-state index in [-0.39, 0.29) is 5.91 Å². The van der Waals surface area contributed by atoms with Crippen molar-refractivity contribution in [1.29, 1.82) is 0 Å². The van der Waals surface area contributed by atoms with Gasteiger partial charge in [-0.3, -0.25) is 4.79 Å². The fourth-order valence-electron chi connectivity index (χ4n) is 2.03. The summed E-state index contributed by atoms with van der Waals surface area (Å²) in [6.45, 7) is 6.70. The molecule has 0 spiro atoms. The van der Waals surface area contributed by atoms with Gasteiger partial charge < -0.3 is 15.5 Å². The van der Waals surface area contributed by atoms with E-state index in [4.69, 9.17) is 0 Å². The Kier molecular flexibility index (Phi) is 5.65. The third-order valence-electron chi connectivity index (χ3n) is 2.84. The number of nitrogens with zero attached hydrogens (tertiary/aromatic N) is 1. The summed E-state index contributed by atoms with van der Waals surface area (Å²) in [5.41, 5.74) is 0. The van der Waals surface area contributed by atoms with Crippen molar-refractivity contribution in [1.82, 2.24) is 15.5 Å². The summed E-state index contributed by atoms with van der Waals surface area (Å²) in [4.78, 5) is 13.0. The van der Waals surface area contributed by atoms with Crippen molar-refractivity contribution in [2.75, 3.05) is 39.8 Å². The fourth-order valence-corrected chi connectivity index (χ4v) is 2.03. The van der Waals surface area contributed by atoms with E-state index in [9.17, 15) is 4.79 Å². The molecule has 1 unspecified atom stereocenters. The van der Waals surface area contributed by atoms with Crippen LogP contribution in [0.1, 0.15) is 19.8 Å². The highest BCUT2D eigenvalue weighted by Crippen LogP contribution is 2.10. The van der Waals surface area contributed by atoms with Crippen molar-refractivity contribution in [3.05, 3.63) is 0 Å². The number of carbonyl (C=O) groups excluding carboxylic acids is 1. The molecule has 0 aromatic carbocycles. The Morgan fingerprint density at radius 3 is 3.00 bits per heavy atom. The van der Waals surface area contributed by atoms with Gasteiger partial charge in [-0.2, -0.15) is 0 Å². The Morgan fingerprint density at radius 2 is 2.40 bits per heavy atom. The normalized spacial score (nSPS) is 21.7. The summed E-state index contributed by atoms with van der Waals surface area (Å²) in [6.07, 6.45) is 2.63. The zero-order valence-corrected chi connectivity index (χ0v) is 9.88. The molecule has 1 heterocycles. The van der Waals surface area contributed by atoms with Gasteiger partial charge in [-0.1, -0.05) is 0 Å². The minimum atomic E-state index is 0.0581. The Bertz CT molecular complexity index is 190. The Morgan fingerprint density at radius 1 is 1.60 bits per heavy atom. The van der Waals surface area contributed by atoms with Gasteiger partial charge in [0.25, 0.3) is 0 Å². The predicted octanol–water partition coefficient (Wildman–Crippen LogP) is 0.0539. The molecule has 4 heteroatoms.